The molecule has 1 aromatic heterocycles. The lowest BCUT2D eigenvalue weighted by atomic mass is 9.79. The van der Waals surface area contributed by atoms with Crippen LogP contribution < -0.4 is 5.46 Å². The summed E-state index contributed by atoms with van der Waals surface area (Å²) < 4.78 is 51.4. The highest BCUT2D eigenvalue weighted by Gasteiger charge is 2.52. The molecule has 0 radical (unpaired) electrons. The molecule has 0 amide bonds. The van der Waals surface area contributed by atoms with Crippen LogP contribution in [0.1, 0.15) is 58.7 Å². The van der Waals surface area contributed by atoms with Crippen LogP contribution >= 0.6 is 0 Å². The van der Waals surface area contributed by atoms with Crippen LogP contribution in [0.2, 0.25) is 0 Å². The van der Waals surface area contributed by atoms with Gasteiger partial charge in [-0.1, -0.05) is 13.8 Å². The molecule has 1 aliphatic heterocycles. The summed E-state index contributed by atoms with van der Waals surface area (Å²) in [4.78, 5) is 4.00. The largest absolute Gasteiger partial charge is 0.496 e. The Kier molecular flexibility index (Phi) is 4.11. The minimum absolute atomic E-state index is 0.0350. The Balaban J connectivity index is 2.43. The first-order chi connectivity index (χ1) is 9.85. The Hall–Kier alpha value is -1.08. The van der Waals surface area contributed by atoms with Crippen molar-refractivity contribution in [2.75, 3.05) is 0 Å². The number of hydrogen-bond donors (Lipinski definition) is 0. The third kappa shape index (κ3) is 3.01. The molecule has 1 saturated heterocycles. The van der Waals surface area contributed by atoms with Gasteiger partial charge in [-0.05, 0) is 39.7 Å². The number of pyridine rings is 1. The number of hydrogen-bond acceptors (Lipinski definition) is 3. The van der Waals surface area contributed by atoms with Crippen molar-refractivity contribution in [3.8, 4) is 0 Å². The molecule has 0 atom stereocenters. The molecule has 22 heavy (non-hydrogen) atoms. The summed E-state index contributed by atoms with van der Waals surface area (Å²) in [6.07, 6.45) is -3.04. The Morgan fingerprint density at radius 3 is 2.00 bits per heavy atom. The van der Waals surface area contributed by atoms with Gasteiger partial charge in [-0.25, -0.2) is 0 Å². The molecule has 0 bridgehead atoms. The molecular weight excluding hydrogens is 294 g/mol. The molecular formula is C15H21BF3NO2. The van der Waals surface area contributed by atoms with Crippen molar-refractivity contribution < 1.29 is 22.5 Å². The molecule has 3 nitrogen and oxygen atoms in total. The lowest BCUT2D eigenvalue weighted by Crippen LogP contribution is -2.41. The summed E-state index contributed by atoms with van der Waals surface area (Å²) in [5.74, 6) is -0.316. The van der Waals surface area contributed by atoms with Crippen molar-refractivity contribution in [1.82, 2.24) is 4.98 Å². The maximum absolute atomic E-state index is 13.3. The lowest BCUT2D eigenvalue weighted by molar-refractivity contribution is -0.138. The zero-order valence-corrected chi connectivity index (χ0v) is 13.7. The summed E-state index contributed by atoms with van der Waals surface area (Å²) in [7, 11) is -0.847. The van der Waals surface area contributed by atoms with Crippen molar-refractivity contribution in [1.29, 1.82) is 0 Å². The van der Waals surface area contributed by atoms with E-state index in [-0.39, 0.29) is 17.1 Å². The molecule has 0 N–H and O–H groups in total. The van der Waals surface area contributed by atoms with E-state index in [0.717, 1.165) is 6.07 Å². The Labute approximate surface area is 129 Å². The monoisotopic (exact) mass is 315 g/mol. The van der Waals surface area contributed by atoms with Crippen molar-refractivity contribution in [2.45, 2.75) is 64.8 Å². The average molecular weight is 315 g/mol. The maximum Gasteiger partial charge on any atom is 0.496 e. The van der Waals surface area contributed by atoms with Gasteiger partial charge in [0, 0.05) is 11.7 Å². The van der Waals surface area contributed by atoms with E-state index in [0.29, 0.717) is 0 Å². The van der Waals surface area contributed by atoms with Gasteiger partial charge in [0.2, 0.25) is 0 Å². The fourth-order valence-corrected chi connectivity index (χ4v) is 2.29. The minimum atomic E-state index is -4.45. The summed E-state index contributed by atoms with van der Waals surface area (Å²) in [5, 5.41) is 0. The zero-order chi connectivity index (χ0) is 16.9. The second-order valence-corrected chi connectivity index (χ2v) is 6.94. The molecule has 0 unspecified atom stereocenters. The first kappa shape index (κ1) is 17.3. The lowest BCUT2D eigenvalue weighted by Gasteiger charge is -2.32. The van der Waals surface area contributed by atoms with Crippen LogP contribution in [0.25, 0.3) is 0 Å². The predicted octanol–water partition coefficient (Wildman–Crippen LogP) is 3.52. The molecule has 0 aliphatic carbocycles. The van der Waals surface area contributed by atoms with Gasteiger partial charge in [-0.2, -0.15) is 13.2 Å². The highest BCUT2D eigenvalue weighted by molar-refractivity contribution is 6.62. The smallest absolute Gasteiger partial charge is 0.399 e. The molecule has 122 valence electrons. The number of alkyl halides is 3. The molecule has 1 aliphatic rings. The van der Waals surface area contributed by atoms with Gasteiger partial charge in [-0.15, -0.1) is 0 Å². The SMILES string of the molecule is CC(C)c1ncc(B2OC(C)(C)C(C)(C)O2)cc1C(F)(F)F. The molecule has 1 aromatic rings. The van der Waals surface area contributed by atoms with E-state index < -0.39 is 30.1 Å². The molecule has 2 rings (SSSR count). The third-order valence-corrected chi connectivity index (χ3v) is 4.32. The highest BCUT2D eigenvalue weighted by Crippen LogP contribution is 2.37. The number of halogens is 3. The van der Waals surface area contributed by atoms with Gasteiger partial charge in [0.25, 0.3) is 0 Å². The topological polar surface area (TPSA) is 31.4 Å². The minimum Gasteiger partial charge on any atom is -0.399 e. The van der Waals surface area contributed by atoms with Gasteiger partial charge in [-0.3, -0.25) is 4.98 Å². The summed E-state index contributed by atoms with van der Waals surface area (Å²) in [6, 6.07) is 1.09. The Morgan fingerprint density at radius 1 is 1.09 bits per heavy atom. The molecule has 7 heteroatoms. The zero-order valence-electron chi connectivity index (χ0n) is 13.7. The predicted molar refractivity (Wildman–Crippen MR) is 79.0 cm³/mol. The van der Waals surface area contributed by atoms with Gasteiger partial charge >= 0.3 is 13.3 Å². The number of aromatic nitrogens is 1. The Morgan fingerprint density at radius 2 is 1.59 bits per heavy atom. The van der Waals surface area contributed by atoms with E-state index in [1.54, 1.807) is 13.8 Å². The molecule has 2 heterocycles. The quantitative estimate of drug-likeness (QED) is 0.783. The van der Waals surface area contributed by atoms with E-state index in [1.807, 2.05) is 27.7 Å². The fraction of sp³-hybridized carbons (Fsp3) is 0.667. The van der Waals surface area contributed by atoms with Gasteiger partial charge < -0.3 is 9.31 Å². The molecule has 0 aromatic carbocycles. The number of nitrogens with zero attached hydrogens (tertiary/aromatic N) is 1. The normalized spacial score (nSPS) is 20.7. The standard InChI is InChI=1S/C15H21BF3NO2/c1-9(2)12-11(15(17,18)19)7-10(8-20-12)16-21-13(3,4)14(5,6)22-16/h7-9H,1-6H3. The number of rotatable bonds is 2. The van der Waals surface area contributed by atoms with Crippen LogP contribution in [0, 0.1) is 0 Å². The second kappa shape index (κ2) is 5.23. The van der Waals surface area contributed by atoms with E-state index in [9.17, 15) is 13.2 Å². The molecule has 0 saturated carbocycles. The second-order valence-electron chi connectivity index (χ2n) is 6.94. The highest BCUT2D eigenvalue weighted by atomic mass is 19.4. The van der Waals surface area contributed by atoms with Crippen molar-refractivity contribution in [3.05, 3.63) is 23.5 Å². The van der Waals surface area contributed by atoms with Gasteiger partial charge in [0.1, 0.15) is 0 Å². The van der Waals surface area contributed by atoms with Crippen molar-refractivity contribution in [3.63, 3.8) is 0 Å². The summed E-state index contributed by atoms with van der Waals surface area (Å²) >= 11 is 0. The molecule has 1 fully saturated rings. The van der Waals surface area contributed by atoms with E-state index in [4.69, 9.17) is 9.31 Å². The van der Waals surface area contributed by atoms with E-state index in [1.165, 1.54) is 6.20 Å². The van der Waals surface area contributed by atoms with Crippen LogP contribution in [0.3, 0.4) is 0 Å². The maximum atomic E-state index is 13.3. The molecule has 0 spiro atoms. The van der Waals surface area contributed by atoms with Crippen molar-refractivity contribution in [2.24, 2.45) is 0 Å². The summed E-state index contributed by atoms with van der Waals surface area (Å²) in [5.41, 5.74) is -1.61. The van der Waals surface area contributed by atoms with Gasteiger partial charge in [0.05, 0.1) is 22.5 Å². The Bertz CT molecular complexity index is 554. The van der Waals surface area contributed by atoms with Crippen LogP contribution in [0.15, 0.2) is 12.3 Å². The first-order valence-electron chi connectivity index (χ1n) is 7.28. The van der Waals surface area contributed by atoms with E-state index in [2.05, 4.69) is 4.98 Å². The summed E-state index contributed by atoms with van der Waals surface area (Å²) in [6.45, 7) is 10.8. The van der Waals surface area contributed by atoms with Crippen LogP contribution in [0.4, 0.5) is 13.2 Å². The average Bonchev–Trinajstić information content (AvgIpc) is 2.56. The van der Waals surface area contributed by atoms with Gasteiger partial charge in [0.15, 0.2) is 0 Å². The van der Waals surface area contributed by atoms with Crippen LogP contribution in [-0.4, -0.2) is 23.3 Å². The third-order valence-electron chi connectivity index (χ3n) is 4.32. The van der Waals surface area contributed by atoms with E-state index >= 15 is 0 Å². The first-order valence-corrected chi connectivity index (χ1v) is 7.28. The van der Waals surface area contributed by atoms with Crippen LogP contribution in [-0.2, 0) is 15.5 Å². The van der Waals surface area contributed by atoms with Crippen molar-refractivity contribution >= 4 is 12.6 Å². The fourth-order valence-electron chi connectivity index (χ4n) is 2.29. The van der Waals surface area contributed by atoms with Crippen LogP contribution in [0.5, 0.6) is 0 Å².